The van der Waals surface area contributed by atoms with Crippen molar-refractivity contribution in [1.82, 2.24) is 0 Å². The van der Waals surface area contributed by atoms with Crippen LogP contribution in [0, 0.1) is 6.92 Å². The predicted molar refractivity (Wildman–Crippen MR) is 82.0 cm³/mol. The Morgan fingerprint density at radius 2 is 1.80 bits per heavy atom. The normalized spacial score (nSPS) is 10.3. The van der Waals surface area contributed by atoms with E-state index < -0.39 is 0 Å². The minimum Gasteiger partial charge on any atom is -0.493 e. The number of hydrogen-bond donors (Lipinski definition) is 0. The van der Waals surface area contributed by atoms with Crippen LogP contribution in [-0.4, -0.2) is 20.0 Å². The third-order valence-corrected chi connectivity index (χ3v) is 3.36. The SMILES string of the molecule is CCCCCCCCOc1c(C)cc(C=O)cc1OC. The first kappa shape index (κ1) is 16.5. The third-order valence-electron chi connectivity index (χ3n) is 3.36. The molecule has 112 valence electrons. The van der Waals surface area contributed by atoms with Crippen molar-refractivity contribution >= 4 is 6.29 Å². The van der Waals surface area contributed by atoms with Gasteiger partial charge in [-0.3, -0.25) is 4.79 Å². The van der Waals surface area contributed by atoms with Crippen LogP contribution in [0.15, 0.2) is 12.1 Å². The van der Waals surface area contributed by atoms with Crippen LogP contribution in [0.5, 0.6) is 11.5 Å². The molecule has 1 rings (SSSR count). The fraction of sp³-hybridized carbons (Fsp3) is 0.588. The maximum Gasteiger partial charge on any atom is 0.164 e. The first-order valence-corrected chi connectivity index (χ1v) is 7.49. The standard InChI is InChI=1S/C17H26O3/c1-4-5-6-7-8-9-10-20-17-14(2)11-15(13-18)12-16(17)19-3/h11-13H,4-10H2,1-3H3. The summed E-state index contributed by atoms with van der Waals surface area (Å²) in [7, 11) is 1.60. The molecule has 20 heavy (non-hydrogen) atoms. The maximum atomic E-state index is 10.8. The molecule has 3 heteroatoms. The largest absolute Gasteiger partial charge is 0.493 e. The summed E-state index contributed by atoms with van der Waals surface area (Å²) in [5.41, 5.74) is 1.56. The van der Waals surface area contributed by atoms with E-state index in [0.29, 0.717) is 17.9 Å². The number of benzene rings is 1. The van der Waals surface area contributed by atoms with Crippen molar-refractivity contribution in [1.29, 1.82) is 0 Å². The molecule has 0 aliphatic carbocycles. The molecule has 3 nitrogen and oxygen atoms in total. The topological polar surface area (TPSA) is 35.5 Å². The zero-order valence-electron chi connectivity index (χ0n) is 12.9. The van der Waals surface area contributed by atoms with Crippen molar-refractivity contribution in [2.45, 2.75) is 52.4 Å². The van der Waals surface area contributed by atoms with Gasteiger partial charge in [-0.1, -0.05) is 39.0 Å². The van der Waals surface area contributed by atoms with E-state index in [9.17, 15) is 4.79 Å². The summed E-state index contributed by atoms with van der Waals surface area (Å²) in [6.07, 6.45) is 8.27. The zero-order valence-corrected chi connectivity index (χ0v) is 12.9. The maximum absolute atomic E-state index is 10.8. The molecule has 0 aliphatic heterocycles. The molecular formula is C17H26O3. The molecule has 0 aliphatic rings. The lowest BCUT2D eigenvalue weighted by Gasteiger charge is -2.14. The lowest BCUT2D eigenvalue weighted by molar-refractivity contribution is 0.112. The Bertz CT molecular complexity index is 413. The summed E-state index contributed by atoms with van der Waals surface area (Å²) in [6.45, 7) is 4.86. The average Bonchev–Trinajstić information content (AvgIpc) is 2.47. The van der Waals surface area contributed by atoms with Gasteiger partial charge in [0.1, 0.15) is 6.29 Å². The lowest BCUT2D eigenvalue weighted by atomic mass is 10.1. The highest BCUT2D eigenvalue weighted by Crippen LogP contribution is 2.32. The molecule has 0 atom stereocenters. The van der Waals surface area contributed by atoms with E-state index in [1.807, 2.05) is 13.0 Å². The first-order chi connectivity index (χ1) is 9.72. The zero-order chi connectivity index (χ0) is 14.8. The molecule has 0 N–H and O–H groups in total. The Hall–Kier alpha value is -1.51. The lowest BCUT2D eigenvalue weighted by Crippen LogP contribution is -2.02. The van der Waals surface area contributed by atoms with Crippen molar-refractivity contribution in [2.24, 2.45) is 0 Å². The van der Waals surface area contributed by atoms with E-state index in [4.69, 9.17) is 9.47 Å². The fourth-order valence-corrected chi connectivity index (χ4v) is 2.23. The van der Waals surface area contributed by atoms with Crippen molar-refractivity contribution in [3.63, 3.8) is 0 Å². The van der Waals surface area contributed by atoms with E-state index in [-0.39, 0.29) is 0 Å². The van der Waals surface area contributed by atoms with Crippen molar-refractivity contribution in [3.8, 4) is 11.5 Å². The molecule has 0 heterocycles. The summed E-state index contributed by atoms with van der Waals surface area (Å²) < 4.78 is 11.1. The molecule has 0 unspecified atom stereocenters. The van der Waals surface area contributed by atoms with Gasteiger partial charge in [-0.2, -0.15) is 0 Å². The van der Waals surface area contributed by atoms with Gasteiger partial charge < -0.3 is 9.47 Å². The van der Waals surface area contributed by atoms with Gasteiger partial charge in [-0.15, -0.1) is 0 Å². The predicted octanol–water partition coefficient (Wildman–Crippen LogP) is 4.56. The molecule has 0 radical (unpaired) electrons. The monoisotopic (exact) mass is 278 g/mol. The summed E-state index contributed by atoms with van der Waals surface area (Å²) >= 11 is 0. The van der Waals surface area contributed by atoms with Crippen LogP contribution in [0.3, 0.4) is 0 Å². The number of unbranched alkanes of at least 4 members (excludes halogenated alkanes) is 5. The van der Waals surface area contributed by atoms with Crippen molar-refractivity contribution < 1.29 is 14.3 Å². The summed E-state index contributed by atoms with van der Waals surface area (Å²) in [5, 5.41) is 0. The van der Waals surface area contributed by atoms with Crippen LogP contribution in [0.25, 0.3) is 0 Å². The molecule has 0 bridgehead atoms. The van der Waals surface area contributed by atoms with Gasteiger partial charge >= 0.3 is 0 Å². The number of carbonyl (C=O) groups excluding carboxylic acids is 1. The van der Waals surface area contributed by atoms with Crippen LogP contribution < -0.4 is 9.47 Å². The summed E-state index contributed by atoms with van der Waals surface area (Å²) in [4.78, 5) is 10.8. The van der Waals surface area contributed by atoms with E-state index in [2.05, 4.69) is 6.92 Å². The minimum atomic E-state index is 0.617. The molecular weight excluding hydrogens is 252 g/mol. The van der Waals surface area contributed by atoms with Crippen LogP contribution in [0.2, 0.25) is 0 Å². The molecule has 0 saturated heterocycles. The average molecular weight is 278 g/mol. The number of methoxy groups -OCH3 is 1. The summed E-state index contributed by atoms with van der Waals surface area (Å²) in [6, 6.07) is 3.54. The van der Waals surface area contributed by atoms with Crippen LogP contribution in [0.4, 0.5) is 0 Å². The van der Waals surface area contributed by atoms with Crippen molar-refractivity contribution in [3.05, 3.63) is 23.3 Å². The quantitative estimate of drug-likeness (QED) is 0.465. The molecule has 1 aromatic rings. The van der Waals surface area contributed by atoms with Gasteiger partial charge in [0.05, 0.1) is 13.7 Å². The highest BCUT2D eigenvalue weighted by atomic mass is 16.5. The Kier molecular flexibility index (Phi) is 7.78. The first-order valence-electron chi connectivity index (χ1n) is 7.49. The molecule has 0 fully saturated rings. The van der Waals surface area contributed by atoms with Gasteiger partial charge in [0.25, 0.3) is 0 Å². The molecule has 1 aromatic carbocycles. The Morgan fingerprint density at radius 3 is 2.45 bits per heavy atom. The van der Waals surface area contributed by atoms with Gasteiger partial charge in [0.15, 0.2) is 11.5 Å². The number of ether oxygens (including phenoxy) is 2. The van der Waals surface area contributed by atoms with E-state index in [1.54, 1.807) is 13.2 Å². The highest BCUT2D eigenvalue weighted by molar-refractivity contribution is 5.77. The van der Waals surface area contributed by atoms with E-state index >= 15 is 0 Å². The van der Waals surface area contributed by atoms with Crippen LogP contribution in [-0.2, 0) is 0 Å². The van der Waals surface area contributed by atoms with E-state index in [0.717, 1.165) is 24.0 Å². The Balaban J connectivity index is 2.45. The van der Waals surface area contributed by atoms with E-state index in [1.165, 1.54) is 32.1 Å². The minimum absolute atomic E-state index is 0.617. The summed E-state index contributed by atoms with van der Waals surface area (Å²) in [5.74, 6) is 1.39. The van der Waals surface area contributed by atoms with Gasteiger partial charge in [0, 0.05) is 5.56 Å². The second-order valence-corrected chi connectivity index (χ2v) is 5.10. The number of aldehydes is 1. The second-order valence-electron chi connectivity index (χ2n) is 5.10. The van der Waals surface area contributed by atoms with Crippen LogP contribution in [0.1, 0.15) is 61.4 Å². The van der Waals surface area contributed by atoms with Gasteiger partial charge in [0.2, 0.25) is 0 Å². The number of rotatable bonds is 10. The number of aryl methyl sites for hydroxylation is 1. The Morgan fingerprint density at radius 1 is 1.10 bits per heavy atom. The fourth-order valence-electron chi connectivity index (χ4n) is 2.23. The Labute approximate surface area is 122 Å². The number of hydrogen-bond acceptors (Lipinski definition) is 3. The molecule has 0 amide bonds. The number of carbonyl (C=O) groups is 1. The molecule has 0 spiro atoms. The smallest absolute Gasteiger partial charge is 0.164 e. The third kappa shape index (κ3) is 5.24. The van der Waals surface area contributed by atoms with Crippen LogP contribution >= 0.6 is 0 Å². The molecule has 0 aromatic heterocycles. The highest BCUT2D eigenvalue weighted by Gasteiger charge is 2.10. The second kappa shape index (κ2) is 9.40. The van der Waals surface area contributed by atoms with Gasteiger partial charge in [-0.25, -0.2) is 0 Å². The molecule has 0 saturated carbocycles. The van der Waals surface area contributed by atoms with Crippen molar-refractivity contribution in [2.75, 3.05) is 13.7 Å². The van der Waals surface area contributed by atoms with Gasteiger partial charge in [-0.05, 0) is 31.0 Å².